The molecule has 4 nitrogen and oxygen atoms in total. The first-order valence-corrected chi connectivity index (χ1v) is 6.46. The standard InChI is InChI=1S/C10H12ClNO3S/c11-8-2-1-7(15-8)9(13)12-5-10(14)3-4-16-6-10/h1-2,14H,3-6H2,(H,12,13). The Morgan fingerprint density at radius 2 is 2.50 bits per heavy atom. The lowest BCUT2D eigenvalue weighted by atomic mass is 10.0. The van der Waals surface area contributed by atoms with E-state index >= 15 is 0 Å². The fraction of sp³-hybridized carbons (Fsp3) is 0.500. The van der Waals surface area contributed by atoms with Gasteiger partial charge in [0.05, 0.1) is 5.60 Å². The Balaban J connectivity index is 1.88. The van der Waals surface area contributed by atoms with Gasteiger partial charge in [0, 0.05) is 12.3 Å². The van der Waals surface area contributed by atoms with E-state index in [9.17, 15) is 9.90 Å². The maximum absolute atomic E-state index is 11.6. The van der Waals surface area contributed by atoms with Crippen molar-refractivity contribution >= 4 is 29.3 Å². The molecule has 1 amide bonds. The molecule has 1 fully saturated rings. The van der Waals surface area contributed by atoms with Crippen LogP contribution >= 0.6 is 23.4 Å². The highest BCUT2D eigenvalue weighted by Gasteiger charge is 2.32. The quantitative estimate of drug-likeness (QED) is 0.866. The number of carbonyl (C=O) groups is 1. The summed E-state index contributed by atoms with van der Waals surface area (Å²) < 4.78 is 4.96. The summed E-state index contributed by atoms with van der Waals surface area (Å²) in [6.07, 6.45) is 0.705. The van der Waals surface area contributed by atoms with Crippen LogP contribution in [0.1, 0.15) is 17.0 Å². The molecule has 1 aromatic heterocycles. The molecule has 1 aromatic rings. The maximum Gasteiger partial charge on any atom is 0.287 e. The largest absolute Gasteiger partial charge is 0.440 e. The van der Waals surface area contributed by atoms with E-state index in [1.165, 1.54) is 12.1 Å². The molecular weight excluding hydrogens is 250 g/mol. The van der Waals surface area contributed by atoms with Crippen LogP contribution in [-0.2, 0) is 0 Å². The van der Waals surface area contributed by atoms with Crippen LogP contribution in [-0.4, -0.2) is 34.7 Å². The Labute approximate surface area is 102 Å². The van der Waals surface area contributed by atoms with Crippen molar-refractivity contribution in [3.8, 4) is 0 Å². The molecular formula is C10H12ClNO3S. The highest BCUT2D eigenvalue weighted by Crippen LogP contribution is 2.27. The predicted octanol–water partition coefficient (Wildman–Crippen LogP) is 1.53. The van der Waals surface area contributed by atoms with E-state index in [4.69, 9.17) is 16.0 Å². The fourth-order valence-corrected chi connectivity index (χ4v) is 2.95. The Bertz CT molecular complexity index is 387. The van der Waals surface area contributed by atoms with Gasteiger partial charge in [-0.3, -0.25) is 4.79 Å². The summed E-state index contributed by atoms with van der Waals surface area (Å²) in [4.78, 5) is 11.6. The van der Waals surface area contributed by atoms with E-state index in [1.54, 1.807) is 11.8 Å². The Morgan fingerprint density at radius 1 is 1.69 bits per heavy atom. The van der Waals surface area contributed by atoms with Gasteiger partial charge in [-0.05, 0) is 35.9 Å². The first kappa shape index (κ1) is 11.8. The van der Waals surface area contributed by atoms with Crippen molar-refractivity contribution in [3.63, 3.8) is 0 Å². The average Bonchev–Trinajstić information content (AvgIpc) is 2.85. The molecule has 88 valence electrons. The van der Waals surface area contributed by atoms with Crippen LogP contribution < -0.4 is 5.32 Å². The Kier molecular flexibility index (Phi) is 3.47. The van der Waals surface area contributed by atoms with Gasteiger partial charge >= 0.3 is 0 Å². The lowest BCUT2D eigenvalue weighted by Gasteiger charge is -2.20. The molecule has 0 saturated carbocycles. The van der Waals surface area contributed by atoms with Crippen LogP contribution in [0.25, 0.3) is 0 Å². The Hall–Kier alpha value is -0.650. The third-order valence-electron chi connectivity index (χ3n) is 2.46. The highest BCUT2D eigenvalue weighted by molar-refractivity contribution is 7.99. The van der Waals surface area contributed by atoms with Crippen molar-refractivity contribution in [3.05, 3.63) is 23.1 Å². The average molecular weight is 262 g/mol. The minimum Gasteiger partial charge on any atom is -0.440 e. The van der Waals surface area contributed by atoms with Gasteiger partial charge in [0.25, 0.3) is 5.91 Å². The third-order valence-corrected chi connectivity index (χ3v) is 3.89. The predicted molar refractivity (Wildman–Crippen MR) is 62.9 cm³/mol. The van der Waals surface area contributed by atoms with Crippen molar-refractivity contribution < 1.29 is 14.3 Å². The number of aliphatic hydroxyl groups is 1. The van der Waals surface area contributed by atoms with Gasteiger partial charge in [-0.15, -0.1) is 0 Å². The molecule has 0 aromatic carbocycles. The van der Waals surface area contributed by atoms with Crippen LogP contribution in [0.15, 0.2) is 16.5 Å². The summed E-state index contributed by atoms with van der Waals surface area (Å²) in [6.45, 7) is 0.247. The smallest absolute Gasteiger partial charge is 0.287 e. The summed E-state index contributed by atoms with van der Waals surface area (Å²) in [5.41, 5.74) is -0.781. The number of rotatable bonds is 3. The van der Waals surface area contributed by atoms with Crippen LogP contribution in [0.5, 0.6) is 0 Å². The minimum absolute atomic E-state index is 0.166. The molecule has 1 aliphatic heterocycles. The molecule has 0 bridgehead atoms. The molecule has 2 heterocycles. The number of furan rings is 1. The lowest BCUT2D eigenvalue weighted by molar-refractivity contribution is 0.0603. The van der Waals surface area contributed by atoms with Gasteiger partial charge < -0.3 is 14.8 Å². The van der Waals surface area contributed by atoms with E-state index < -0.39 is 5.60 Å². The van der Waals surface area contributed by atoms with Crippen LogP contribution in [0.4, 0.5) is 0 Å². The summed E-state index contributed by atoms with van der Waals surface area (Å²) in [6, 6.07) is 3.02. The van der Waals surface area contributed by atoms with Crippen molar-refractivity contribution in [1.29, 1.82) is 0 Å². The second kappa shape index (κ2) is 4.69. The van der Waals surface area contributed by atoms with Crippen LogP contribution in [0.2, 0.25) is 5.22 Å². The first-order valence-electron chi connectivity index (χ1n) is 4.93. The topological polar surface area (TPSA) is 62.5 Å². The van der Waals surface area contributed by atoms with Crippen LogP contribution in [0, 0.1) is 0 Å². The third kappa shape index (κ3) is 2.72. The number of carbonyl (C=O) groups excluding carboxylic acids is 1. The van der Waals surface area contributed by atoms with E-state index in [0.29, 0.717) is 12.2 Å². The molecule has 16 heavy (non-hydrogen) atoms. The van der Waals surface area contributed by atoms with E-state index in [0.717, 1.165) is 5.75 Å². The van der Waals surface area contributed by atoms with Gasteiger partial charge in [-0.2, -0.15) is 11.8 Å². The molecule has 1 atom stereocenters. The monoisotopic (exact) mass is 261 g/mol. The number of amides is 1. The number of hydrogen-bond donors (Lipinski definition) is 2. The Morgan fingerprint density at radius 3 is 3.06 bits per heavy atom. The molecule has 2 N–H and O–H groups in total. The zero-order valence-electron chi connectivity index (χ0n) is 8.53. The van der Waals surface area contributed by atoms with Gasteiger partial charge in [0.15, 0.2) is 11.0 Å². The van der Waals surface area contributed by atoms with Crippen molar-refractivity contribution in [1.82, 2.24) is 5.32 Å². The number of halogens is 1. The number of nitrogens with one attached hydrogen (secondary N) is 1. The summed E-state index contributed by atoms with van der Waals surface area (Å²) in [5, 5.41) is 12.8. The number of thioether (sulfide) groups is 1. The molecule has 2 rings (SSSR count). The normalized spacial score (nSPS) is 24.6. The molecule has 0 aliphatic carbocycles. The van der Waals surface area contributed by atoms with Crippen LogP contribution in [0.3, 0.4) is 0 Å². The molecule has 1 saturated heterocycles. The first-order chi connectivity index (χ1) is 7.59. The summed E-state index contributed by atoms with van der Waals surface area (Å²) >= 11 is 7.25. The second-order valence-corrected chi connectivity index (χ2v) is 5.29. The van der Waals surface area contributed by atoms with Gasteiger partial charge in [-0.1, -0.05) is 0 Å². The van der Waals surface area contributed by atoms with Gasteiger partial charge in [0.1, 0.15) is 0 Å². The summed E-state index contributed by atoms with van der Waals surface area (Å²) in [7, 11) is 0. The zero-order valence-corrected chi connectivity index (χ0v) is 10.1. The minimum atomic E-state index is -0.781. The zero-order chi connectivity index (χ0) is 11.6. The van der Waals surface area contributed by atoms with Crippen molar-refractivity contribution in [2.45, 2.75) is 12.0 Å². The van der Waals surface area contributed by atoms with E-state index in [-0.39, 0.29) is 23.4 Å². The maximum atomic E-state index is 11.6. The molecule has 1 aliphatic rings. The number of hydrogen-bond acceptors (Lipinski definition) is 4. The fourth-order valence-electron chi connectivity index (χ4n) is 1.50. The molecule has 0 radical (unpaired) electrons. The van der Waals surface area contributed by atoms with Gasteiger partial charge in [-0.25, -0.2) is 0 Å². The van der Waals surface area contributed by atoms with Gasteiger partial charge in [0.2, 0.25) is 0 Å². The SMILES string of the molecule is O=C(NCC1(O)CCSC1)c1ccc(Cl)o1. The lowest BCUT2D eigenvalue weighted by Crippen LogP contribution is -2.42. The molecule has 0 spiro atoms. The van der Waals surface area contributed by atoms with Crippen molar-refractivity contribution in [2.75, 3.05) is 18.1 Å². The molecule has 6 heteroatoms. The molecule has 1 unspecified atom stereocenters. The van der Waals surface area contributed by atoms with Crippen molar-refractivity contribution in [2.24, 2.45) is 0 Å². The van der Waals surface area contributed by atoms with E-state index in [2.05, 4.69) is 5.32 Å². The van der Waals surface area contributed by atoms with E-state index in [1.807, 2.05) is 0 Å². The highest BCUT2D eigenvalue weighted by atomic mass is 35.5. The second-order valence-electron chi connectivity index (χ2n) is 3.81. The summed E-state index contributed by atoms with van der Waals surface area (Å²) in [5.74, 6) is 1.40.